The molecule has 2 aromatic rings. The van der Waals surface area contributed by atoms with Gasteiger partial charge in [-0.1, -0.05) is 12.1 Å². The normalized spacial score (nSPS) is 18.4. The summed E-state index contributed by atoms with van der Waals surface area (Å²) < 4.78 is 7.46. The first-order valence-corrected chi connectivity index (χ1v) is 6.18. The van der Waals surface area contributed by atoms with E-state index in [-0.39, 0.29) is 0 Å². The number of imidazole rings is 1. The van der Waals surface area contributed by atoms with E-state index in [0.717, 1.165) is 42.2 Å². The third kappa shape index (κ3) is 1.69. The van der Waals surface area contributed by atoms with E-state index >= 15 is 0 Å². The maximum absolute atomic E-state index is 9.96. The summed E-state index contributed by atoms with van der Waals surface area (Å²) >= 11 is 0. The molecule has 0 aliphatic carbocycles. The van der Waals surface area contributed by atoms with Gasteiger partial charge < -0.3 is 14.4 Å². The number of aromatic nitrogens is 2. The molecule has 4 nitrogen and oxygen atoms in total. The molecule has 0 saturated carbocycles. The van der Waals surface area contributed by atoms with Crippen molar-refractivity contribution in [2.24, 2.45) is 0 Å². The molecule has 1 atom stereocenters. The van der Waals surface area contributed by atoms with E-state index in [4.69, 9.17) is 4.74 Å². The quantitative estimate of drug-likeness (QED) is 0.882. The SMILES string of the molecule is COc1ccccc1-c1ncc2n1CCCC2O. The summed E-state index contributed by atoms with van der Waals surface area (Å²) in [5.74, 6) is 1.69. The van der Waals surface area contributed by atoms with Gasteiger partial charge in [-0.05, 0) is 25.0 Å². The zero-order valence-corrected chi connectivity index (χ0v) is 10.3. The number of methoxy groups -OCH3 is 1. The molecular formula is C14H16N2O2. The van der Waals surface area contributed by atoms with E-state index in [0.29, 0.717) is 0 Å². The molecule has 1 aromatic carbocycles. The van der Waals surface area contributed by atoms with Gasteiger partial charge in [0.1, 0.15) is 11.6 Å². The van der Waals surface area contributed by atoms with Crippen molar-refractivity contribution < 1.29 is 9.84 Å². The highest BCUT2D eigenvalue weighted by Gasteiger charge is 2.23. The molecule has 0 saturated heterocycles. The summed E-state index contributed by atoms with van der Waals surface area (Å²) in [4.78, 5) is 4.45. The summed E-state index contributed by atoms with van der Waals surface area (Å²) in [6.07, 6.45) is 3.17. The van der Waals surface area contributed by atoms with Gasteiger partial charge in [0.25, 0.3) is 0 Å². The van der Waals surface area contributed by atoms with Crippen LogP contribution in [0, 0.1) is 0 Å². The van der Waals surface area contributed by atoms with Gasteiger partial charge in [0.15, 0.2) is 0 Å². The van der Waals surface area contributed by atoms with Gasteiger partial charge in [-0.2, -0.15) is 0 Å². The fourth-order valence-corrected chi connectivity index (χ4v) is 2.52. The molecule has 0 radical (unpaired) electrons. The van der Waals surface area contributed by atoms with Crippen molar-refractivity contribution in [1.82, 2.24) is 9.55 Å². The molecule has 1 aromatic heterocycles. The lowest BCUT2D eigenvalue weighted by Gasteiger charge is -2.21. The zero-order chi connectivity index (χ0) is 12.5. The Balaban J connectivity index is 2.13. The molecule has 0 bridgehead atoms. The van der Waals surface area contributed by atoms with E-state index in [1.165, 1.54) is 0 Å². The first kappa shape index (κ1) is 11.3. The highest BCUT2D eigenvalue weighted by Crippen LogP contribution is 2.33. The van der Waals surface area contributed by atoms with Gasteiger partial charge in [0.2, 0.25) is 0 Å². The standard InChI is InChI=1S/C14H16N2O2/c1-18-13-7-3-2-5-10(13)14-15-9-11-12(17)6-4-8-16(11)14/h2-3,5,7,9,12,17H,4,6,8H2,1H3. The number of rotatable bonds is 2. The molecule has 1 aliphatic rings. The van der Waals surface area contributed by atoms with Crippen LogP contribution in [0.1, 0.15) is 24.6 Å². The van der Waals surface area contributed by atoms with Gasteiger partial charge in [-0.3, -0.25) is 0 Å². The summed E-state index contributed by atoms with van der Waals surface area (Å²) in [5.41, 5.74) is 1.88. The smallest absolute Gasteiger partial charge is 0.143 e. The molecule has 3 rings (SSSR count). The Hall–Kier alpha value is -1.81. The molecule has 94 valence electrons. The van der Waals surface area contributed by atoms with Crippen LogP contribution >= 0.6 is 0 Å². The van der Waals surface area contributed by atoms with E-state index < -0.39 is 6.10 Å². The van der Waals surface area contributed by atoms with Crippen molar-refractivity contribution in [3.05, 3.63) is 36.2 Å². The molecule has 1 N–H and O–H groups in total. The molecule has 4 heteroatoms. The molecule has 1 unspecified atom stereocenters. The largest absolute Gasteiger partial charge is 0.496 e. The maximum atomic E-state index is 9.96. The van der Waals surface area contributed by atoms with E-state index in [1.54, 1.807) is 13.3 Å². The number of nitrogens with zero attached hydrogens (tertiary/aromatic N) is 2. The first-order chi connectivity index (χ1) is 8.81. The molecule has 18 heavy (non-hydrogen) atoms. The van der Waals surface area contributed by atoms with Crippen LogP contribution in [-0.4, -0.2) is 21.8 Å². The minimum Gasteiger partial charge on any atom is -0.496 e. The number of ether oxygens (including phenoxy) is 1. The highest BCUT2D eigenvalue weighted by atomic mass is 16.5. The number of fused-ring (bicyclic) bond motifs is 1. The van der Waals surface area contributed by atoms with Crippen molar-refractivity contribution in [1.29, 1.82) is 0 Å². The van der Waals surface area contributed by atoms with Crippen LogP contribution in [0.4, 0.5) is 0 Å². The van der Waals surface area contributed by atoms with Crippen LogP contribution in [0.15, 0.2) is 30.5 Å². The van der Waals surface area contributed by atoms with Gasteiger partial charge >= 0.3 is 0 Å². The Labute approximate surface area is 106 Å². The summed E-state index contributed by atoms with van der Waals surface area (Å²) in [6, 6.07) is 7.83. The second-order valence-electron chi connectivity index (χ2n) is 4.52. The lowest BCUT2D eigenvalue weighted by atomic mass is 10.1. The van der Waals surface area contributed by atoms with Crippen LogP contribution in [0.25, 0.3) is 11.4 Å². The molecule has 1 aliphatic heterocycles. The summed E-state index contributed by atoms with van der Waals surface area (Å²) in [7, 11) is 1.66. The fourth-order valence-electron chi connectivity index (χ4n) is 2.52. The monoisotopic (exact) mass is 244 g/mol. The minimum absolute atomic E-state index is 0.394. The Morgan fingerprint density at radius 1 is 1.39 bits per heavy atom. The molecule has 0 fully saturated rings. The lowest BCUT2D eigenvalue weighted by molar-refractivity contribution is 0.139. The highest BCUT2D eigenvalue weighted by molar-refractivity contribution is 5.65. The Bertz CT molecular complexity index is 563. The second kappa shape index (κ2) is 4.46. The van der Waals surface area contributed by atoms with Crippen molar-refractivity contribution in [2.45, 2.75) is 25.5 Å². The van der Waals surface area contributed by atoms with Crippen LogP contribution in [0.5, 0.6) is 5.75 Å². The lowest BCUT2D eigenvalue weighted by Crippen LogP contribution is -2.15. The minimum atomic E-state index is -0.394. The first-order valence-electron chi connectivity index (χ1n) is 6.18. The summed E-state index contributed by atoms with van der Waals surface area (Å²) in [6.45, 7) is 0.903. The van der Waals surface area contributed by atoms with Crippen LogP contribution in [0.2, 0.25) is 0 Å². The van der Waals surface area contributed by atoms with Crippen molar-refractivity contribution in [3.8, 4) is 17.1 Å². The fraction of sp³-hybridized carbons (Fsp3) is 0.357. The van der Waals surface area contributed by atoms with Crippen molar-refractivity contribution in [3.63, 3.8) is 0 Å². The van der Waals surface area contributed by atoms with Crippen LogP contribution in [0.3, 0.4) is 0 Å². The van der Waals surface area contributed by atoms with E-state index in [2.05, 4.69) is 9.55 Å². The number of benzene rings is 1. The Kier molecular flexibility index (Phi) is 2.80. The second-order valence-corrected chi connectivity index (χ2v) is 4.52. The average molecular weight is 244 g/mol. The average Bonchev–Trinajstić information content (AvgIpc) is 2.84. The molecule has 0 amide bonds. The van der Waals surface area contributed by atoms with Crippen molar-refractivity contribution in [2.75, 3.05) is 7.11 Å². The van der Waals surface area contributed by atoms with E-state index in [1.807, 2.05) is 24.3 Å². The number of hydrogen-bond donors (Lipinski definition) is 1. The van der Waals surface area contributed by atoms with Crippen molar-refractivity contribution >= 4 is 0 Å². The van der Waals surface area contributed by atoms with Gasteiger partial charge in [0, 0.05) is 6.54 Å². The topological polar surface area (TPSA) is 47.3 Å². The third-order valence-corrected chi connectivity index (χ3v) is 3.44. The number of hydrogen-bond acceptors (Lipinski definition) is 3. The molecule has 0 spiro atoms. The number of aliphatic hydroxyl groups is 1. The predicted molar refractivity (Wildman–Crippen MR) is 68.4 cm³/mol. The van der Waals surface area contributed by atoms with Gasteiger partial charge in [0.05, 0.1) is 30.7 Å². The van der Waals surface area contributed by atoms with Crippen LogP contribution < -0.4 is 4.74 Å². The zero-order valence-electron chi connectivity index (χ0n) is 10.3. The third-order valence-electron chi connectivity index (χ3n) is 3.44. The number of aliphatic hydroxyl groups excluding tert-OH is 1. The van der Waals surface area contributed by atoms with E-state index in [9.17, 15) is 5.11 Å². The van der Waals surface area contributed by atoms with Gasteiger partial charge in [-0.25, -0.2) is 4.98 Å². The molecular weight excluding hydrogens is 228 g/mol. The molecule has 2 heterocycles. The Morgan fingerprint density at radius 2 is 2.22 bits per heavy atom. The maximum Gasteiger partial charge on any atom is 0.143 e. The predicted octanol–water partition coefficient (Wildman–Crippen LogP) is 2.39. The number of para-hydroxylation sites is 1. The summed E-state index contributed by atoms with van der Waals surface area (Å²) in [5, 5.41) is 9.96. The van der Waals surface area contributed by atoms with Crippen LogP contribution in [-0.2, 0) is 6.54 Å². The Morgan fingerprint density at radius 3 is 3.06 bits per heavy atom. The van der Waals surface area contributed by atoms with Gasteiger partial charge in [-0.15, -0.1) is 0 Å².